The molecule has 1 saturated carbocycles. The van der Waals surface area contributed by atoms with Crippen molar-refractivity contribution in [2.75, 3.05) is 0 Å². The molecule has 0 heterocycles. The second-order valence-corrected chi connectivity index (χ2v) is 5.31. The molecule has 1 atom stereocenters. The molecule has 0 radical (unpaired) electrons. The average Bonchev–Trinajstić information content (AvgIpc) is 2.01. The molecule has 0 saturated heterocycles. The fraction of sp³-hybridized carbons (Fsp3) is 1.00. The number of hydrogen-bond acceptors (Lipinski definition) is 0. The summed E-state index contributed by atoms with van der Waals surface area (Å²) in [5, 5.41) is 0.380. The molecule has 0 nitrogen and oxygen atoms in total. The molecule has 0 amide bonds. The fourth-order valence-electron chi connectivity index (χ4n) is 2.29. The molecule has 0 bridgehead atoms. The Morgan fingerprint density at radius 2 is 1.62 bits per heavy atom. The number of rotatable bonds is 3. The van der Waals surface area contributed by atoms with Crippen molar-refractivity contribution in [1.82, 2.24) is 0 Å². The van der Waals surface area contributed by atoms with Gasteiger partial charge in [0.25, 0.3) is 0 Å². The van der Waals surface area contributed by atoms with Crippen LogP contribution < -0.4 is 0 Å². The van der Waals surface area contributed by atoms with Gasteiger partial charge in [0.2, 0.25) is 0 Å². The van der Waals surface area contributed by atoms with Crippen molar-refractivity contribution in [1.29, 1.82) is 0 Å². The normalized spacial score (nSPS) is 23.5. The topological polar surface area (TPSA) is 0 Å². The summed E-state index contributed by atoms with van der Waals surface area (Å²) in [7, 11) is 0. The summed E-state index contributed by atoms with van der Waals surface area (Å²) in [6, 6.07) is 0. The van der Waals surface area contributed by atoms with Crippen molar-refractivity contribution in [3.63, 3.8) is 0 Å². The van der Waals surface area contributed by atoms with Crippen molar-refractivity contribution >= 4 is 11.6 Å². The smallest absolute Gasteiger partial charge is 0.0307 e. The van der Waals surface area contributed by atoms with Crippen molar-refractivity contribution in [3.05, 3.63) is 0 Å². The van der Waals surface area contributed by atoms with Crippen LogP contribution in [-0.4, -0.2) is 5.38 Å². The summed E-state index contributed by atoms with van der Waals surface area (Å²) in [5.74, 6) is 0.987. The lowest BCUT2D eigenvalue weighted by Gasteiger charge is -2.19. The quantitative estimate of drug-likeness (QED) is 0.580. The van der Waals surface area contributed by atoms with Gasteiger partial charge < -0.3 is 0 Å². The SMILES string of the molecule is CC(Cl)CCC1CCCCCCC1. The highest BCUT2D eigenvalue weighted by Crippen LogP contribution is 2.26. The van der Waals surface area contributed by atoms with Crippen LogP contribution in [0.1, 0.15) is 64.7 Å². The van der Waals surface area contributed by atoms with Crippen LogP contribution in [0.4, 0.5) is 0 Å². The zero-order valence-electron chi connectivity index (χ0n) is 8.90. The van der Waals surface area contributed by atoms with Crippen LogP contribution in [0.25, 0.3) is 0 Å². The Kier molecular flexibility index (Phi) is 5.86. The summed E-state index contributed by atoms with van der Waals surface area (Å²) in [5.41, 5.74) is 0. The van der Waals surface area contributed by atoms with E-state index in [-0.39, 0.29) is 0 Å². The van der Waals surface area contributed by atoms with Gasteiger partial charge >= 0.3 is 0 Å². The molecule has 0 aromatic heterocycles. The molecule has 1 aliphatic carbocycles. The minimum absolute atomic E-state index is 0.380. The van der Waals surface area contributed by atoms with E-state index in [1.165, 1.54) is 57.8 Å². The molecule has 0 aromatic carbocycles. The largest absolute Gasteiger partial charge is 0.123 e. The molecule has 0 N–H and O–H groups in total. The van der Waals surface area contributed by atoms with Crippen molar-refractivity contribution in [2.24, 2.45) is 5.92 Å². The number of hydrogen-bond donors (Lipinski definition) is 0. The summed E-state index contributed by atoms with van der Waals surface area (Å²) in [6.45, 7) is 2.12. The second-order valence-electron chi connectivity index (χ2n) is 4.57. The Balaban J connectivity index is 2.14. The van der Waals surface area contributed by atoms with Crippen LogP contribution >= 0.6 is 11.6 Å². The first-order chi connectivity index (χ1) is 6.29. The molecule has 78 valence electrons. The van der Waals surface area contributed by atoms with E-state index < -0.39 is 0 Å². The van der Waals surface area contributed by atoms with E-state index in [0.29, 0.717) is 5.38 Å². The van der Waals surface area contributed by atoms with Gasteiger partial charge in [-0.15, -0.1) is 11.6 Å². The van der Waals surface area contributed by atoms with Gasteiger partial charge in [0, 0.05) is 5.38 Å². The fourth-order valence-corrected chi connectivity index (χ4v) is 2.42. The van der Waals surface area contributed by atoms with Crippen molar-refractivity contribution < 1.29 is 0 Å². The highest BCUT2D eigenvalue weighted by Gasteiger charge is 2.11. The maximum atomic E-state index is 5.97. The Bertz CT molecular complexity index is 112. The van der Waals surface area contributed by atoms with Crippen molar-refractivity contribution in [2.45, 2.75) is 70.1 Å². The van der Waals surface area contributed by atoms with E-state index in [9.17, 15) is 0 Å². The molecule has 1 unspecified atom stereocenters. The Labute approximate surface area is 88.1 Å². The van der Waals surface area contributed by atoms with E-state index in [1.807, 2.05) is 0 Å². The van der Waals surface area contributed by atoms with Gasteiger partial charge in [-0.1, -0.05) is 44.9 Å². The van der Waals surface area contributed by atoms with Gasteiger partial charge in [-0.3, -0.25) is 0 Å². The Hall–Kier alpha value is 0.290. The van der Waals surface area contributed by atoms with Crippen LogP contribution in [-0.2, 0) is 0 Å². The van der Waals surface area contributed by atoms with Crippen LogP contribution in [0.2, 0.25) is 0 Å². The molecule has 1 heteroatoms. The van der Waals surface area contributed by atoms with E-state index >= 15 is 0 Å². The van der Waals surface area contributed by atoms with Gasteiger partial charge in [0.15, 0.2) is 0 Å². The molecule has 0 aliphatic heterocycles. The number of halogens is 1. The van der Waals surface area contributed by atoms with Gasteiger partial charge in [-0.25, -0.2) is 0 Å². The Morgan fingerprint density at radius 3 is 2.15 bits per heavy atom. The lowest BCUT2D eigenvalue weighted by atomic mass is 9.88. The first kappa shape index (κ1) is 11.4. The first-order valence-electron chi connectivity index (χ1n) is 5.93. The van der Waals surface area contributed by atoms with E-state index in [4.69, 9.17) is 11.6 Å². The summed E-state index contributed by atoms with van der Waals surface area (Å²) >= 11 is 5.97. The molecule has 0 aromatic rings. The summed E-state index contributed by atoms with van der Waals surface area (Å²) < 4.78 is 0. The highest BCUT2D eigenvalue weighted by atomic mass is 35.5. The van der Waals surface area contributed by atoms with Crippen LogP contribution in [0.5, 0.6) is 0 Å². The zero-order chi connectivity index (χ0) is 9.52. The van der Waals surface area contributed by atoms with E-state index in [1.54, 1.807) is 0 Å². The zero-order valence-corrected chi connectivity index (χ0v) is 9.65. The third-order valence-electron chi connectivity index (χ3n) is 3.20. The lowest BCUT2D eigenvalue weighted by molar-refractivity contribution is 0.351. The molecule has 1 rings (SSSR count). The highest BCUT2D eigenvalue weighted by molar-refractivity contribution is 6.20. The molecule has 1 fully saturated rings. The van der Waals surface area contributed by atoms with Crippen LogP contribution in [0.3, 0.4) is 0 Å². The maximum Gasteiger partial charge on any atom is 0.0307 e. The van der Waals surface area contributed by atoms with Gasteiger partial charge in [0.1, 0.15) is 0 Å². The van der Waals surface area contributed by atoms with Gasteiger partial charge in [-0.05, 0) is 25.7 Å². The third kappa shape index (κ3) is 5.57. The first-order valence-corrected chi connectivity index (χ1v) is 6.36. The predicted octanol–water partition coefficient (Wildman–Crippen LogP) is 4.75. The predicted molar refractivity (Wildman–Crippen MR) is 60.4 cm³/mol. The minimum Gasteiger partial charge on any atom is -0.123 e. The molecular formula is C12H23Cl. The maximum absolute atomic E-state index is 5.97. The minimum atomic E-state index is 0.380. The monoisotopic (exact) mass is 202 g/mol. The van der Waals surface area contributed by atoms with E-state index in [0.717, 1.165) is 5.92 Å². The van der Waals surface area contributed by atoms with Gasteiger partial charge in [-0.2, -0.15) is 0 Å². The molecule has 0 spiro atoms. The molecule has 13 heavy (non-hydrogen) atoms. The number of alkyl halides is 1. The molecule has 1 aliphatic rings. The second kappa shape index (κ2) is 6.70. The van der Waals surface area contributed by atoms with Crippen LogP contribution in [0, 0.1) is 5.92 Å². The third-order valence-corrected chi connectivity index (χ3v) is 3.42. The van der Waals surface area contributed by atoms with Gasteiger partial charge in [0.05, 0.1) is 0 Å². The summed E-state index contributed by atoms with van der Waals surface area (Å²) in [4.78, 5) is 0. The lowest BCUT2D eigenvalue weighted by Crippen LogP contribution is -2.05. The average molecular weight is 203 g/mol. The summed E-state index contributed by atoms with van der Waals surface area (Å²) in [6.07, 6.45) is 12.8. The van der Waals surface area contributed by atoms with Crippen LogP contribution in [0.15, 0.2) is 0 Å². The molecular weight excluding hydrogens is 180 g/mol. The van der Waals surface area contributed by atoms with Crippen molar-refractivity contribution in [3.8, 4) is 0 Å². The standard InChI is InChI=1S/C12H23Cl/c1-11(13)9-10-12-7-5-3-2-4-6-8-12/h11-12H,2-10H2,1H3. The van der Waals surface area contributed by atoms with E-state index in [2.05, 4.69) is 6.92 Å². The Morgan fingerprint density at radius 1 is 1.08 bits per heavy atom.